The summed E-state index contributed by atoms with van der Waals surface area (Å²) >= 11 is 12.2. The molecule has 0 saturated carbocycles. The van der Waals surface area contributed by atoms with E-state index in [1.807, 2.05) is 12.1 Å². The standard InChI is InChI=1S/C13H15Cl2N5/c1-2-4-8-12(17-7-18-13(8)20-16)19-10-6-3-5-9(14)11(10)15/h3,5-7H,2,4,16H2,1H3,(H2,17,18,19,20). The Hall–Kier alpha value is -1.56. The number of halogens is 2. The van der Waals surface area contributed by atoms with Crippen molar-refractivity contribution in [2.24, 2.45) is 5.84 Å². The van der Waals surface area contributed by atoms with E-state index in [0.29, 0.717) is 27.4 Å². The Morgan fingerprint density at radius 2 is 1.95 bits per heavy atom. The molecule has 1 aromatic carbocycles. The van der Waals surface area contributed by atoms with Gasteiger partial charge in [-0.2, -0.15) is 0 Å². The number of nitrogens with two attached hydrogens (primary N) is 1. The molecule has 0 atom stereocenters. The average Bonchev–Trinajstić information content (AvgIpc) is 2.46. The summed E-state index contributed by atoms with van der Waals surface area (Å²) in [5.41, 5.74) is 4.19. The smallest absolute Gasteiger partial charge is 0.148 e. The topological polar surface area (TPSA) is 75.9 Å². The van der Waals surface area contributed by atoms with E-state index in [0.717, 1.165) is 18.4 Å². The number of nitrogens with one attached hydrogen (secondary N) is 2. The predicted octanol–water partition coefficient (Wildman–Crippen LogP) is 3.77. The summed E-state index contributed by atoms with van der Waals surface area (Å²) < 4.78 is 0. The fourth-order valence-electron chi connectivity index (χ4n) is 1.86. The molecule has 4 N–H and O–H groups in total. The lowest BCUT2D eigenvalue weighted by Gasteiger charge is -2.14. The molecule has 0 amide bonds. The van der Waals surface area contributed by atoms with Crippen LogP contribution < -0.4 is 16.6 Å². The summed E-state index contributed by atoms with van der Waals surface area (Å²) in [5, 5.41) is 4.12. The molecule has 7 heteroatoms. The van der Waals surface area contributed by atoms with Crippen LogP contribution in [0.4, 0.5) is 17.3 Å². The molecule has 5 nitrogen and oxygen atoms in total. The van der Waals surface area contributed by atoms with E-state index in [9.17, 15) is 0 Å². The number of anilines is 3. The molecule has 0 radical (unpaired) electrons. The lowest BCUT2D eigenvalue weighted by Crippen LogP contribution is -2.13. The van der Waals surface area contributed by atoms with E-state index in [2.05, 4.69) is 27.6 Å². The summed E-state index contributed by atoms with van der Waals surface area (Å²) in [4.78, 5) is 8.36. The monoisotopic (exact) mass is 311 g/mol. The van der Waals surface area contributed by atoms with Gasteiger partial charge in [-0.05, 0) is 18.6 Å². The van der Waals surface area contributed by atoms with E-state index < -0.39 is 0 Å². The van der Waals surface area contributed by atoms with Gasteiger partial charge in [-0.25, -0.2) is 15.8 Å². The van der Waals surface area contributed by atoms with Gasteiger partial charge in [0, 0.05) is 5.56 Å². The first kappa shape index (κ1) is 14.8. The third kappa shape index (κ3) is 3.12. The van der Waals surface area contributed by atoms with E-state index in [4.69, 9.17) is 29.0 Å². The maximum absolute atomic E-state index is 6.17. The van der Waals surface area contributed by atoms with Crippen LogP contribution in [0, 0.1) is 0 Å². The van der Waals surface area contributed by atoms with Crippen LogP contribution >= 0.6 is 23.2 Å². The van der Waals surface area contributed by atoms with Gasteiger partial charge >= 0.3 is 0 Å². The Bertz CT molecular complexity index is 603. The van der Waals surface area contributed by atoms with Crippen molar-refractivity contribution in [2.45, 2.75) is 19.8 Å². The molecule has 2 rings (SSSR count). The highest BCUT2D eigenvalue weighted by Gasteiger charge is 2.12. The molecular weight excluding hydrogens is 297 g/mol. The zero-order chi connectivity index (χ0) is 14.5. The molecule has 0 spiro atoms. The molecule has 0 aliphatic heterocycles. The molecular formula is C13H15Cl2N5. The normalized spacial score (nSPS) is 10.4. The third-order valence-electron chi connectivity index (χ3n) is 2.79. The van der Waals surface area contributed by atoms with Crippen LogP contribution in [0.1, 0.15) is 18.9 Å². The van der Waals surface area contributed by atoms with Crippen molar-refractivity contribution < 1.29 is 0 Å². The molecule has 106 valence electrons. The van der Waals surface area contributed by atoms with Crippen molar-refractivity contribution in [2.75, 3.05) is 10.7 Å². The van der Waals surface area contributed by atoms with Crippen LogP contribution in [-0.2, 0) is 6.42 Å². The number of nitrogen functional groups attached to an aromatic ring is 1. The molecule has 0 unspecified atom stereocenters. The second-order valence-electron chi connectivity index (χ2n) is 4.17. The van der Waals surface area contributed by atoms with Gasteiger partial charge in [0.25, 0.3) is 0 Å². The van der Waals surface area contributed by atoms with Gasteiger partial charge in [0.1, 0.15) is 18.0 Å². The highest BCUT2D eigenvalue weighted by Crippen LogP contribution is 2.33. The van der Waals surface area contributed by atoms with E-state index in [-0.39, 0.29) is 0 Å². The Morgan fingerprint density at radius 3 is 2.65 bits per heavy atom. The lowest BCUT2D eigenvalue weighted by atomic mass is 10.1. The number of aromatic nitrogens is 2. The Balaban J connectivity index is 2.40. The summed E-state index contributed by atoms with van der Waals surface area (Å²) in [6.45, 7) is 2.07. The van der Waals surface area contributed by atoms with Gasteiger partial charge < -0.3 is 10.7 Å². The van der Waals surface area contributed by atoms with Crippen molar-refractivity contribution in [3.05, 3.63) is 40.1 Å². The minimum absolute atomic E-state index is 0.456. The minimum Gasteiger partial charge on any atom is -0.339 e. The number of hydrazine groups is 1. The molecule has 0 aliphatic rings. The third-order valence-corrected chi connectivity index (χ3v) is 3.61. The quantitative estimate of drug-likeness (QED) is 0.579. The number of rotatable bonds is 5. The van der Waals surface area contributed by atoms with Crippen molar-refractivity contribution in [3.63, 3.8) is 0 Å². The lowest BCUT2D eigenvalue weighted by molar-refractivity contribution is 0.903. The van der Waals surface area contributed by atoms with E-state index in [1.165, 1.54) is 6.33 Å². The summed E-state index contributed by atoms with van der Waals surface area (Å²) in [6, 6.07) is 5.38. The maximum Gasteiger partial charge on any atom is 0.148 e. The van der Waals surface area contributed by atoms with Crippen LogP contribution in [0.3, 0.4) is 0 Å². The Kier molecular flexibility index (Phi) is 5.00. The first-order chi connectivity index (χ1) is 9.67. The summed E-state index contributed by atoms with van der Waals surface area (Å²) in [7, 11) is 0. The summed E-state index contributed by atoms with van der Waals surface area (Å²) in [6.07, 6.45) is 3.18. The van der Waals surface area contributed by atoms with Crippen molar-refractivity contribution in [3.8, 4) is 0 Å². The zero-order valence-corrected chi connectivity index (χ0v) is 12.5. The average molecular weight is 312 g/mol. The molecule has 0 bridgehead atoms. The molecule has 20 heavy (non-hydrogen) atoms. The van der Waals surface area contributed by atoms with Gasteiger partial charge in [0.15, 0.2) is 0 Å². The largest absolute Gasteiger partial charge is 0.339 e. The van der Waals surface area contributed by atoms with Crippen LogP contribution in [0.5, 0.6) is 0 Å². The second-order valence-corrected chi connectivity index (χ2v) is 4.96. The van der Waals surface area contributed by atoms with Gasteiger partial charge in [-0.15, -0.1) is 0 Å². The molecule has 0 saturated heterocycles. The van der Waals surface area contributed by atoms with Crippen molar-refractivity contribution in [1.29, 1.82) is 0 Å². The minimum atomic E-state index is 0.456. The summed E-state index contributed by atoms with van der Waals surface area (Å²) in [5.74, 6) is 6.75. The van der Waals surface area contributed by atoms with E-state index >= 15 is 0 Å². The number of nitrogens with zero attached hydrogens (tertiary/aromatic N) is 2. The van der Waals surface area contributed by atoms with Gasteiger partial charge in [-0.1, -0.05) is 42.6 Å². The number of hydrogen-bond donors (Lipinski definition) is 3. The van der Waals surface area contributed by atoms with Crippen molar-refractivity contribution in [1.82, 2.24) is 9.97 Å². The molecule has 2 aromatic rings. The fourth-order valence-corrected chi connectivity index (χ4v) is 2.21. The van der Waals surface area contributed by atoms with Crippen molar-refractivity contribution >= 4 is 40.5 Å². The first-order valence-corrected chi connectivity index (χ1v) is 6.94. The molecule has 1 heterocycles. The second kappa shape index (κ2) is 6.74. The number of hydrogen-bond acceptors (Lipinski definition) is 5. The first-order valence-electron chi connectivity index (χ1n) is 6.18. The van der Waals surface area contributed by atoms with Crippen LogP contribution in [0.25, 0.3) is 0 Å². The van der Waals surface area contributed by atoms with Gasteiger partial charge in [0.2, 0.25) is 0 Å². The SMILES string of the molecule is CCCc1c(NN)ncnc1Nc1cccc(Cl)c1Cl. The maximum atomic E-state index is 6.17. The van der Waals surface area contributed by atoms with Gasteiger partial charge in [0.05, 0.1) is 15.7 Å². The van der Waals surface area contributed by atoms with Crippen LogP contribution in [-0.4, -0.2) is 9.97 Å². The highest BCUT2D eigenvalue weighted by atomic mass is 35.5. The molecule has 0 fully saturated rings. The highest BCUT2D eigenvalue weighted by molar-refractivity contribution is 6.43. The van der Waals surface area contributed by atoms with Crippen LogP contribution in [0.15, 0.2) is 24.5 Å². The zero-order valence-electron chi connectivity index (χ0n) is 11.0. The van der Waals surface area contributed by atoms with E-state index in [1.54, 1.807) is 6.07 Å². The fraction of sp³-hybridized carbons (Fsp3) is 0.231. The number of benzene rings is 1. The Morgan fingerprint density at radius 1 is 1.20 bits per heavy atom. The molecule has 0 aliphatic carbocycles. The predicted molar refractivity (Wildman–Crippen MR) is 83.6 cm³/mol. The van der Waals surface area contributed by atoms with Gasteiger partial charge in [-0.3, -0.25) is 0 Å². The molecule has 1 aromatic heterocycles. The Labute approximate surface area is 127 Å². The van der Waals surface area contributed by atoms with Crippen LogP contribution in [0.2, 0.25) is 10.0 Å².